The summed E-state index contributed by atoms with van der Waals surface area (Å²) in [5, 5.41) is 10.2. The monoisotopic (exact) mass is 534 g/mol. The van der Waals surface area contributed by atoms with Crippen molar-refractivity contribution in [3.8, 4) is 23.1 Å². The summed E-state index contributed by atoms with van der Waals surface area (Å²) in [7, 11) is -4.82. The number of fused-ring (bicyclic) bond motifs is 1. The Bertz CT molecular complexity index is 1660. The summed E-state index contributed by atoms with van der Waals surface area (Å²) in [4.78, 5) is 3.46. The van der Waals surface area contributed by atoms with Crippen LogP contribution in [0.25, 0.3) is 28.0 Å². The van der Waals surface area contributed by atoms with Crippen molar-refractivity contribution in [3.63, 3.8) is 0 Å². The smallest absolute Gasteiger partial charge is 0.306 e. The van der Waals surface area contributed by atoms with Gasteiger partial charge in [0.25, 0.3) is 0 Å². The molecule has 0 aliphatic heterocycles. The van der Waals surface area contributed by atoms with E-state index >= 15 is 0 Å². The largest absolute Gasteiger partial charge is 0.404 e. The summed E-state index contributed by atoms with van der Waals surface area (Å²) in [5.41, 5.74) is 0.0334. The molecule has 4 aromatic rings. The molecule has 12 heteroatoms. The zero-order chi connectivity index (χ0) is 27.1. The molecule has 192 valence electrons. The first-order chi connectivity index (χ1) is 17.4. The fraction of sp³-hybridized carbons (Fsp3) is 0.200. The summed E-state index contributed by atoms with van der Waals surface area (Å²) in [6.45, 7) is 2.36. The Morgan fingerprint density at radius 2 is 1.86 bits per heavy atom. The van der Waals surface area contributed by atoms with Crippen LogP contribution in [0.4, 0.5) is 22.0 Å². The number of nitriles is 1. The highest BCUT2D eigenvalue weighted by Gasteiger charge is 2.40. The maximum Gasteiger partial charge on any atom is 0.404 e. The van der Waals surface area contributed by atoms with Crippen LogP contribution >= 0.6 is 0 Å². The van der Waals surface area contributed by atoms with Gasteiger partial charge >= 0.3 is 6.18 Å². The van der Waals surface area contributed by atoms with Crippen LogP contribution in [0.3, 0.4) is 0 Å². The second-order valence-corrected chi connectivity index (χ2v) is 9.88. The molecule has 0 radical (unpaired) electrons. The lowest BCUT2D eigenvalue weighted by Gasteiger charge is -2.19. The highest BCUT2D eigenvalue weighted by atomic mass is 32.2. The van der Waals surface area contributed by atoms with Crippen molar-refractivity contribution in [2.45, 2.75) is 37.4 Å². The fourth-order valence-electron chi connectivity index (χ4n) is 3.99. The number of rotatable bonds is 6. The Labute approximate surface area is 209 Å². The lowest BCUT2D eigenvalue weighted by molar-refractivity contribution is -0.147. The first-order valence-corrected chi connectivity index (χ1v) is 12.4. The van der Waals surface area contributed by atoms with E-state index in [2.05, 4.69) is 4.98 Å². The number of hydrogen-bond donors (Lipinski definition) is 1. The number of benzene rings is 2. The number of aromatic nitrogens is 2. The van der Waals surface area contributed by atoms with Crippen LogP contribution in [0.5, 0.6) is 0 Å². The Balaban J connectivity index is 2.11. The molecule has 1 atom stereocenters. The summed E-state index contributed by atoms with van der Waals surface area (Å²) in [5.74, 6) is -1.25. The highest BCUT2D eigenvalue weighted by Crippen LogP contribution is 2.39. The molecule has 2 aromatic carbocycles. The van der Waals surface area contributed by atoms with Gasteiger partial charge in [-0.3, -0.25) is 4.98 Å². The number of pyridine rings is 1. The highest BCUT2D eigenvalue weighted by molar-refractivity contribution is 7.89. The van der Waals surface area contributed by atoms with Gasteiger partial charge in [-0.2, -0.15) is 23.2 Å². The first kappa shape index (κ1) is 26.2. The Morgan fingerprint density at radius 1 is 1.14 bits per heavy atom. The van der Waals surface area contributed by atoms with Gasteiger partial charge in [0.2, 0.25) is 10.0 Å². The maximum absolute atomic E-state index is 14.8. The normalized spacial score (nSPS) is 13.0. The topological polar surface area (TPSA) is 87.8 Å². The SMILES string of the molecule is CCc1cc2c(cc1F)c(C#N)c(-c1ncccc1S(=O)(=O)N[C@@H](C)C(F)(F)F)n2-c1cccc(F)c1. The summed E-state index contributed by atoms with van der Waals surface area (Å²) in [6, 6.07) is 9.53. The van der Waals surface area contributed by atoms with Crippen molar-refractivity contribution in [3.05, 3.63) is 77.5 Å². The van der Waals surface area contributed by atoms with Crippen molar-refractivity contribution in [2.75, 3.05) is 0 Å². The van der Waals surface area contributed by atoms with Gasteiger partial charge < -0.3 is 4.57 Å². The number of alkyl halides is 3. The molecule has 2 heterocycles. The third kappa shape index (κ3) is 4.80. The van der Waals surface area contributed by atoms with Gasteiger partial charge in [-0.25, -0.2) is 17.2 Å². The van der Waals surface area contributed by atoms with Crippen molar-refractivity contribution in [1.29, 1.82) is 5.26 Å². The number of hydrogen-bond acceptors (Lipinski definition) is 4. The van der Waals surface area contributed by atoms with Crippen molar-refractivity contribution in [1.82, 2.24) is 14.3 Å². The molecule has 6 nitrogen and oxygen atoms in total. The first-order valence-electron chi connectivity index (χ1n) is 11.0. The van der Waals surface area contributed by atoms with Crippen LogP contribution in [-0.2, 0) is 16.4 Å². The van der Waals surface area contributed by atoms with E-state index in [4.69, 9.17) is 0 Å². The van der Waals surface area contributed by atoms with Crippen LogP contribution in [0.1, 0.15) is 25.0 Å². The molecule has 37 heavy (non-hydrogen) atoms. The van der Waals surface area contributed by atoms with Crippen LogP contribution in [0.15, 0.2) is 59.6 Å². The van der Waals surface area contributed by atoms with Crippen LogP contribution in [-0.4, -0.2) is 30.2 Å². The number of sulfonamides is 1. The van der Waals surface area contributed by atoms with E-state index in [9.17, 15) is 35.6 Å². The van der Waals surface area contributed by atoms with Crippen LogP contribution < -0.4 is 4.72 Å². The number of halogens is 5. The van der Waals surface area contributed by atoms with Gasteiger partial charge in [0.1, 0.15) is 34.3 Å². The molecule has 0 saturated carbocycles. The third-order valence-electron chi connectivity index (χ3n) is 5.80. The second kappa shape index (κ2) is 9.57. The standard InChI is InChI=1S/C25H19F5N4O2S/c1-3-15-10-21-18(12-20(15)27)19(13-31)24(34(21)17-7-4-6-16(26)11-17)23-22(8-5-9-32-23)37(35,36)33-14(2)25(28,29)30/h4-12,14,33H,3H2,1-2H3/t14-/m0/s1. The van der Waals surface area contributed by atoms with E-state index in [0.29, 0.717) is 6.92 Å². The molecular weight excluding hydrogens is 515 g/mol. The molecule has 1 N–H and O–H groups in total. The van der Waals surface area contributed by atoms with Gasteiger partial charge in [-0.05, 0) is 61.4 Å². The fourth-order valence-corrected chi connectivity index (χ4v) is 5.38. The molecule has 0 amide bonds. The van der Waals surface area contributed by atoms with Crippen molar-refractivity contribution in [2.24, 2.45) is 0 Å². The molecule has 0 saturated heterocycles. The van der Waals surface area contributed by atoms with E-state index < -0.39 is 38.8 Å². The van der Waals surface area contributed by atoms with E-state index in [1.165, 1.54) is 41.1 Å². The van der Waals surface area contributed by atoms with Gasteiger partial charge in [0.05, 0.1) is 16.8 Å². The molecule has 2 aromatic heterocycles. The molecule has 0 unspecified atom stereocenters. The van der Waals surface area contributed by atoms with E-state index in [0.717, 1.165) is 18.2 Å². The number of nitrogens with one attached hydrogen (secondary N) is 1. The van der Waals surface area contributed by atoms with E-state index in [-0.39, 0.29) is 45.5 Å². The zero-order valence-electron chi connectivity index (χ0n) is 19.4. The van der Waals surface area contributed by atoms with E-state index in [1.807, 2.05) is 6.07 Å². The minimum Gasteiger partial charge on any atom is -0.306 e. The molecule has 4 rings (SSSR count). The van der Waals surface area contributed by atoms with Gasteiger partial charge in [-0.15, -0.1) is 0 Å². The Hall–Kier alpha value is -3.82. The number of aryl methyl sites for hydroxylation is 1. The van der Waals surface area contributed by atoms with Crippen LogP contribution in [0.2, 0.25) is 0 Å². The lowest BCUT2D eigenvalue weighted by Crippen LogP contribution is -2.43. The average Bonchev–Trinajstić information content (AvgIpc) is 3.15. The maximum atomic E-state index is 14.8. The minimum atomic E-state index is -4.86. The predicted molar refractivity (Wildman–Crippen MR) is 126 cm³/mol. The molecule has 0 aliphatic rings. The quantitative estimate of drug-likeness (QED) is 0.325. The molecular formula is C25H19F5N4O2S. The van der Waals surface area contributed by atoms with Crippen molar-refractivity contribution < 1.29 is 30.4 Å². The van der Waals surface area contributed by atoms with E-state index in [1.54, 1.807) is 11.6 Å². The third-order valence-corrected chi connectivity index (χ3v) is 7.37. The summed E-state index contributed by atoms with van der Waals surface area (Å²) in [6.07, 6.45) is -3.37. The second-order valence-electron chi connectivity index (χ2n) is 8.20. The van der Waals surface area contributed by atoms with Gasteiger partial charge in [-0.1, -0.05) is 13.0 Å². The summed E-state index contributed by atoms with van der Waals surface area (Å²) >= 11 is 0. The lowest BCUT2D eigenvalue weighted by atomic mass is 10.1. The molecule has 0 aliphatic carbocycles. The number of nitrogens with zero attached hydrogens (tertiary/aromatic N) is 3. The van der Waals surface area contributed by atoms with Crippen LogP contribution in [0, 0.1) is 23.0 Å². The Morgan fingerprint density at radius 3 is 2.49 bits per heavy atom. The molecule has 0 spiro atoms. The molecule has 0 fully saturated rings. The summed E-state index contributed by atoms with van der Waals surface area (Å²) < 4.78 is 97.6. The van der Waals surface area contributed by atoms with Gasteiger partial charge in [0.15, 0.2) is 0 Å². The van der Waals surface area contributed by atoms with Gasteiger partial charge in [0, 0.05) is 17.3 Å². The zero-order valence-corrected chi connectivity index (χ0v) is 20.3. The average molecular weight is 535 g/mol. The Kier molecular flexibility index (Phi) is 6.79. The molecule has 0 bridgehead atoms. The van der Waals surface area contributed by atoms with Crippen molar-refractivity contribution >= 4 is 20.9 Å². The minimum absolute atomic E-state index is 0.0991. The predicted octanol–water partition coefficient (Wildman–Crippen LogP) is 5.63.